The second-order valence-electron chi connectivity index (χ2n) is 5.35. The molecule has 0 aromatic heterocycles. The summed E-state index contributed by atoms with van der Waals surface area (Å²) in [6, 6.07) is 19.8. The van der Waals surface area contributed by atoms with Crippen molar-refractivity contribution in [3.8, 4) is 11.1 Å². The summed E-state index contributed by atoms with van der Waals surface area (Å²) in [6.07, 6.45) is 0. The van der Waals surface area contributed by atoms with Crippen LogP contribution in [-0.2, 0) is 6.54 Å². The summed E-state index contributed by atoms with van der Waals surface area (Å²) in [5.74, 6) is 0. The summed E-state index contributed by atoms with van der Waals surface area (Å²) >= 11 is 0. The summed E-state index contributed by atoms with van der Waals surface area (Å²) in [6.45, 7) is 7.28. The van der Waals surface area contributed by atoms with Gasteiger partial charge in [-0.3, -0.25) is 0 Å². The molecule has 0 amide bonds. The molecule has 0 unspecified atom stereocenters. The van der Waals surface area contributed by atoms with Crippen molar-refractivity contribution in [2.45, 2.75) is 26.4 Å². The van der Waals surface area contributed by atoms with Gasteiger partial charge in [-0.15, -0.1) is 0 Å². The maximum atomic E-state index is 3.45. The third-order valence-corrected chi connectivity index (χ3v) is 3.24. The molecule has 0 aliphatic heterocycles. The largest absolute Gasteiger partial charge is 0.313 e. The molecule has 0 spiro atoms. The number of hydrogen-bond acceptors (Lipinski definition) is 2. The third-order valence-electron chi connectivity index (χ3n) is 3.24. The van der Waals surface area contributed by atoms with Gasteiger partial charge in [0.25, 0.3) is 0 Å². The fourth-order valence-electron chi connectivity index (χ4n) is 2.13. The van der Waals surface area contributed by atoms with Crippen LogP contribution in [0.4, 0.5) is 0 Å². The van der Waals surface area contributed by atoms with Crippen LogP contribution in [-0.4, -0.2) is 19.1 Å². The molecule has 2 rings (SSSR count). The van der Waals surface area contributed by atoms with Crippen LogP contribution in [0.2, 0.25) is 0 Å². The maximum absolute atomic E-state index is 3.45. The SMILES string of the molecule is CC(C)NCCNCc1ccc(-c2ccccc2)cc1. The van der Waals surface area contributed by atoms with Gasteiger partial charge in [0.2, 0.25) is 0 Å². The number of benzene rings is 2. The van der Waals surface area contributed by atoms with E-state index in [1.165, 1.54) is 16.7 Å². The molecule has 0 atom stereocenters. The van der Waals surface area contributed by atoms with Gasteiger partial charge in [-0.25, -0.2) is 0 Å². The monoisotopic (exact) mass is 268 g/mol. The highest BCUT2D eigenvalue weighted by molar-refractivity contribution is 5.63. The Labute approximate surface area is 122 Å². The molecule has 2 N–H and O–H groups in total. The van der Waals surface area contributed by atoms with Crippen molar-refractivity contribution < 1.29 is 0 Å². The van der Waals surface area contributed by atoms with E-state index in [1.807, 2.05) is 6.07 Å². The van der Waals surface area contributed by atoms with Crippen molar-refractivity contribution in [1.82, 2.24) is 10.6 Å². The molecule has 0 saturated carbocycles. The first-order chi connectivity index (χ1) is 9.75. The van der Waals surface area contributed by atoms with Gasteiger partial charge >= 0.3 is 0 Å². The second-order valence-corrected chi connectivity index (χ2v) is 5.35. The van der Waals surface area contributed by atoms with Crippen LogP contribution >= 0.6 is 0 Å². The molecule has 0 fully saturated rings. The molecule has 2 aromatic rings. The smallest absolute Gasteiger partial charge is 0.0206 e. The van der Waals surface area contributed by atoms with Crippen molar-refractivity contribution in [2.24, 2.45) is 0 Å². The van der Waals surface area contributed by atoms with Crippen molar-refractivity contribution in [3.63, 3.8) is 0 Å². The zero-order valence-electron chi connectivity index (χ0n) is 12.4. The molecule has 0 bridgehead atoms. The Hall–Kier alpha value is -1.64. The van der Waals surface area contributed by atoms with Crippen molar-refractivity contribution in [1.29, 1.82) is 0 Å². The lowest BCUT2D eigenvalue weighted by atomic mass is 10.0. The minimum atomic E-state index is 0.557. The van der Waals surface area contributed by atoms with Crippen LogP contribution in [0.1, 0.15) is 19.4 Å². The Kier molecular flexibility index (Phi) is 5.78. The number of rotatable bonds is 7. The molecular weight excluding hydrogens is 244 g/mol. The van der Waals surface area contributed by atoms with E-state index in [0.717, 1.165) is 19.6 Å². The summed E-state index contributed by atoms with van der Waals surface area (Å²) in [5, 5.41) is 6.85. The highest BCUT2D eigenvalue weighted by Gasteiger charge is 1.97. The zero-order valence-corrected chi connectivity index (χ0v) is 12.4. The Morgan fingerprint density at radius 3 is 2.10 bits per heavy atom. The molecule has 2 heteroatoms. The van der Waals surface area contributed by atoms with Gasteiger partial charge in [-0.05, 0) is 16.7 Å². The minimum Gasteiger partial charge on any atom is -0.313 e. The van der Waals surface area contributed by atoms with Crippen LogP contribution in [0.25, 0.3) is 11.1 Å². The van der Waals surface area contributed by atoms with Crippen LogP contribution < -0.4 is 10.6 Å². The van der Waals surface area contributed by atoms with E-state index in [0.29, 0.717) is 6.04 Å². The molecule has 106 valence electrons. The summed E-state index contributed by atoms with van der Waals surface area (Å²) in [4.78, 5) is 0. The van der Waals surface area contributed by atoms with E-state index >= 15 is 0 Å². The number of hydrogen-bond donors (Lipinski definition) is 2. The predicted octanol–water partition coefficient (Wildman–Crippen LogP) is 3.44. The van der Waals surface area contributed by atoms with Gasteiger partial charge in [0.05, 0.1) is 0 Å². The van der Waals surface area contributed by atoms with E-state index in [4.69, 9.17) is 0 Å². The highest BCUT2D eigenvalue weighted by atomic mass is 15.0. The lowest BCUT2D eigenvalue weighted by Gasteiger charge is -2.09. The van der Waals surface area contributed by atoms with Crippen molar-refractivity contribution in [2.75, 3.05) is 13.1 Å². The first kappa shape index (κ1) is 14.8. The third kappa shape index (κ3) is 4.80. The van der Waals surface area contributed by atoms with Gasteiger partial charge in [-0.2, -0.15) is 0 Å². The average molecular weight is 268 g/mol. The molecule has 2 aromatic carbocycles. The van der Waals surface area contributed by atoms with E-state index < -0.39 is 0 Å². The molecule has 0 saturated heterocycles. The van der Waals surface area contributed by atoms with E-state index in [9.17, 15) is 0 Å². The normalized spacial score (nSPS) is 10.9. The van der Waals surface area contributed by atoms with Gasteiger partial charge in [0, 0.05) is 25.7 Å². The van der Waals surface area contributed by atoms with E-state index in [-0.39, 0.29) is 0 Å². The number of nitrogens with one attached hydrogen (secondary N) is 2. The first-order valence-corrected chi connectivity index (χ1v) is 7.34. The molecule has 0 heterocycles. The van der Waals surface area contributed by atoms with Crippen LogP contribution in [0, 0.1) is 0 Å². The van der Waals surface area contributed by atoms with Crippen molar-refractivity contribution in [3.05, 3.63) is 60.2 Å². The quantitative estimate of drug-likeness (QED) is 0.752. The first-order valence-electron chi connectivity index (χ1n) is 7.34. The topological polar surface area (TPSA) is 24.1 Å². The molecule has 2 nitrogen and oxygen atoms in total. The molecule has 0 aliphatic rings. The second kappa shape index (κ2) is 7.83. The minimum absolute atomic E-state index is 0.557. The van der Waals surface area contributed by atoms with Crippen molar-refractivity contribution >= 4 is 0 Å². The highest BCUT2D eigenvalue weighted by Crippen LogP contribution is 2.18. The van der Waals surface area contributed by atoms with Crippen LogP contribution in [0.15, 0.2) is 54.6 Å². The van der Waals surface area contributed by atoms with E-state index in [1.54, 1.807) is 0 Å². The molecule has 20 heavy (non-hydrogen) atoms. The Balaban J connectivity index is 1.80. The van der Waals surface area contributed by atoms with Gasteiger partial charge in [0.1, 0.15) is 0 Å². The predicted molar refractivity (Wildman–Crippen MR) is 86.7 cm³/mol. The summed E-state index contributed by atoms with van der Waals surface area (Å²) in [7, 11) is 0. The van der Waals surface area contributed by atoms with Gasteiger partial charge in [0.15, 0.2) is 0 Å². The Morgan fingerprint density at radius 2 is 1.45 bits per heavy atom. The molecular formula is C18H24N2. The molecule has 0 aliphatic carbocycles. The lowest BCUT2D eigenvalue weighted by molar-refractivity contribution is 0.555. The zero-order chi connectivity index (χ0) is 14.2. The lowest BCUT2D eigenvalue weighted by Crippen LogP contribution is -2.31. The van der Waals surface area contributed by atoms with E-state index in [2.05, 4.69) is 73.0 Å². The fourth-order valence-corrected chi connectivity index (χ4v) is 2.13. The Morgan fingerprint density at radius 1 is 0.800 bits per heavy atom. The fraction of sp³-hybridized carbons (Fsp3) is 0.333. The summed E-state index contributed by atoms with van der Waals surface area (Å²) < 4.78 is 0. The maximum Gasteiger partial charge on any atom is 0.0206 e. The average Bonchev–Trinajstić information content (AvgIpc) is 2.48. The van der Waals surface area contributed by atoms with Gasteiger partial charge < -0.3 is 10.6 Å². The standard InChI is InChI=1S/C18H24N2/c1-15(2)20-13-12-19-14-16-8-10-18(11-9-16)17-6-4-3-5-7-17/h3-11,15,19-20H,12-14H2,1-2H3. The van der Waals surface area contributed by atoms with Crippen LogP contribution in [0.3, 0.4) is 0 Å². The Bertz CT molecular complexity index is 489. The van der Waals surface area contributed by atoms with Crippen LogP contribution in [0.5, 0.6) is 0 Å². The summed E-state index contributed by atoms with van der Waals surface area (Å²) in [5.41, 5.74) is 3.87. The van der Waals surface area contributed by atoms with Gasteiger partial charge in [-0.1, -0.05) is 68.4 Å². The molecule has 0 radical (unpaired) electrons.